The van der Waals surface area contributed by atoms with E-state index >= 15 is 0 Å². The predicted octanol–water partition coefficient (Wildman–Crippen LogP) is -1.93. The van der Waals surface area contributed by atoms with Gasteiger partial charge in [0.2, 0.25) is 11.3 Å². The van der Waals surface area contributed by atoms with Crippen LogP contribution >= 0.6 is 11.3 Å². The molecule has 1 saturated heterocycles. The molecular weight excluding hydrogens is 482 g/mol. The van der Waals surface area contributed by atoms with Gasteiger partial charge in [0.15, 0.2) is 16.7 Å². The number of nitrogens with two attached hydrogens (primary N) is 1. The van der Waals surface area contributed by atoms with Gasteiger partial charge in [-0.2, -0.15) is 4.73 Å². The molecule has 0 aliphatic carbocycles. The van der Waals surface area contributed by atoms with E-state index in [1.807, 2.05) is 0 Å². The Morgan fingerprint density at radius 3 is 2.74 bits per heavy atom. The van der Waals surface area contributed by atoms with Crippen LogP contribution in [0.3, 0.4) is 0 Å². The highest BCUT2D eigenvalue weighted by molar-refractivity contribution is 7.13. The van der Waals surface area contributed by atoms with Gasteiger partial charge in [0.05, 0.1) is 12.2 Å². The lowest BCUT2D eigenvalue weighted by Crippen LogP contribution is -2.72. The largest absolute Gasteiger partial charge is 0.503 e. The molecule has 8 N–H and O–H groups in total. The highest BCUT2D eigenvalue weighted by Gasteiger charge is 2.41. The maximum absolute atomic E-state index is 12.6. The smallest absolute Gasteiger partial charge is 0.272 e. The third-order valence-corrected chi connectivity index (χ3v) is 5.59. The Bertz CT molecular complexity index is 1420. The molecule has 2 atom stereocenters. The number of carbonyl (C=O) groups excluding carboxylic acids is 3. The number of nitrogen functional groups attached to an aromatic ring is 1. The average Bonchev–Trinajstić information content (AvgIpc) is 3.27. The molecule has 15 nitrogen and oxygen atoms in total. The number of nitrogens with zero attached hydrogens (tertiary/aromatic N) is 4. The number of hydrogen-bond acceptors (Lipinski definition) is 12. The van der Waals surface area contributed by atoms with E-state index in [0.717, 1.165) is 23.6 Å². The van der Waals surface area contributed by atoms with Crippen LogP contribution < -0.4 is 27.1 Å². The number of carbonyl (C=O) groups is 3. The minimum absolute atomic E-state index is 0.0737. The quantitative estimate of drug-likeness (QED) is 0.108. The second kappa shape index (κ2) is 9.18. The molecule has 3 aromatic heterocycles. The van der Waals surface area contributed by atoms with Gasteiger partial charge in [-0.15, -0.1) is 11.3 Å². The fraction of sp³-hybridized carbons (Fsp3) is 0.158. The van der Waals surface area contributed by atoms with Gasteiger partial charge in [0, 0.05) is 24.2 Å². The molecule has 0 spiro atoms. The molecule has 16 heteroatoms. The van der Waals surface area contributed by atoms with E-state index in [2.05, 4.69) is 30.9 Å². The fourth-order valence-electron chi connectivity index (χ4n) is 3.09. The summed E-state index contributed by atoms with van der Waals surface area (Å²) in [7, 11) is 0. The molecule has 4 rings (SSSR count). The summed E-state index contributed by atoms with van der Waals surface area (Å²) < 4.78 is 0.447. The number of amides is 3. The summed E-state index contributed by atoms with van der Waals surface area (Å²) >= 11 is 1.07. The molecular formula is C19H17N9O6S. The van der Waals surface area contributed by atoms with Crippen LogP contribution in [0.4, 0.5) is 5.13 Å². The Morgan fingerprint density at radius 1 is 1.29 bits per heavy atom. The molecule has 1 fully saturated rings. The first-order valence-electron chi connectivity index (χ1n) is 9.81. The molecule has 2 unspecified atom stereocenters. The van der Waals surface area contributed by atoms with E-state index in [1.165, 1.54) is 17.6 Å². The Morgan fingerprint density at radius 2 is 2.06 bits per heavy atom. The third kappa shape index (κ3) is 4.76. The zero-order valence-electron chi connectivity index (χ0n) is 17.6. The van der Waals surface area contributed by atoms with Gasteiger partial charge in [-0.25, -0.2) is 15.0 Å². The van der Waals surface area contributed by atoms with Gasteiger partial charge in [-0.05, 0) is 6.07 Å². The highest BCUT2D eigenvalue weighted by Crippen LogP contribution is 2.15. The zero-order chi connectivity index (χ0) is 25.3. The van der Waals surface area contributed by atoms with Crippen molar-refractivity contribution in [3.8, 4) is 17.3 Å². The van der Waals surface area contributed by atoms with Crippen LogP contribution in [0.1, 0.15) is 16.2 Å². The van der Waals surface area contributed by atoms with Crippen LogP contribution in [-0.2, 0) is 9.59 Å². The maximum Gasteiger partial charge on any atom is 0.272 e. The summed E-state index contributed by atoms with van der Waals surface area (Å²) in [5.41, 5.74) is 4.10. The highest BCUT2D eigenvalue weighted by atomic mass is 32.1. The number of nitrogens with one attached hydrogen (secondary N) is 4. The number of pyridine rings is 1. The Labute approximate surface area is 199 Å². The van der Waals surface area contributed by atoms with E-state index < -0.39 is 46.7 Å². The molecule has 0 aromatic carbocycles. The van der Waals surface area contributed by atoms with E-state index in [-0.39, 0.29) is 34.6 Å². The summed E-state index contributed by atoms with van der Waals surface area (Å²) in [6, 6.07) is 0.560. The molecule has 0 saturated carbocycles. The lowest BCUT2D eigenvalue weighted by molar-refractivity contribution is -0.134. The standard InChI is InChI=1S/C19H17N9O6S/c20-13(9-6-35-19(21)26-9)17(32)27-14-8(25-18(14)33)4-23-16(31)7-1-2-22-15(24-7)10-3-11(29)12(30)5-28(10)34/h1-3,5-6,8,14,20,30,34H,4H2,(H2,21,26)(H,23,31)(H,25,33)(H,27,32). The van der Waals surface area contributed by atoms with Gasteiger partial charge >= 0.3 is 0 Å². The number of thiazole rings is 1. The number of anilines is 1. The summed E-state index contributed by atoms with van der Waals surface area (Å²) in [6.07, 6.45) is 2.00. The van der Waals surface area contributed by atoms with Gasteiger partial charge < -0.3 is 32.0 Å². The normalized spacial score (nSPS) is 16.6. The van der Waals surface area contributed by atoms with Crippen LogP contribution in [-0.4, -0.2) is 72.1 Å². The van der Waals surface area contributed by atoms with Crippen molar-refractivity contribution in [3.05, 3.63) is 51.5 Å². The van der Waals surface area contributed by atoms with Crippen molar-refractivity contribution >= 4 is 39.9 Å². The van der Waals surface area contributed by atoms with Crippen LogP contribution in [0, 0.1) is 5.41 Å². The van der Waals surface area contributed by atoms with Crippen molar-refractivity contribution in [2.75, 3.05) is 12.3 Å². The lowest BCUT2D eigenvalue weighted by atomic mass is 9.98. The van der Waals surface area contributed by atoms with Gasteiger partial charge in [-0.1, -0.05) is 0 Å². The Balaban J connectivity index is 1.39. The summed E-state index contributed by atoms with van der Waals surface area (Å²) in [4.78, 5) is 60.2. The molecule has 0 bridgehead atoms. The molecule has 180 valence electrons. The lowest BCUT2D eigenvalue weighted by Gasteiger charge is -2.37. The van der Waals surface area contributed by atoms with Crippen LogP contribution in [0.5, 0.6) is 5.75 Å². The molecule has 35 heavy (non-hydrogen) atoms. The molecule has 1 aliphatic heterocycles. The van der Waals surface area contributed by atoms with Crippen molar-refractivity contribution in [1.29, 1.82) is 5.41 Å². The Hall–Kier alpha value is -4.86. The summed E-state index contributed by atoms with van der Waals surface area (Å²) in [5.74, 6) is -2.80. The average molecular weight is 499 g/mol. The number of hydrogen-bond donors (Lipinski definition) is 7. The topological polar surface area (TPSA) is 238 Å². The number of rotatable bonds is 7. The van der Waals surface area contributed by atoms with E-state index in [1.54, 1.807) is 0 Å². The Kier molecular flexibility index (Phi) is 6.11. The minimum atomic E-state index is -0.985. The molecule has 4 heterocycles. The van der Waals surface area contributed by atoms with Gasteiger partial charge in [-0.3, -0.25) is 24.6 Å². The molecule has 0 radical (unpaired) electrons. The fourth-order valence-corrected chi connectivity index (χ4v) is 3.65. The van der Waals surface area contributed by atoms with Crippen molar-refractivity contribution in [2.45, 2.75) is 12.1 Å². The third-order valence-electron chi connectivity index (χ3n) is 4.92. The van der Waals surface area contributed by atoms with Crippen LogP contribution in [0.2, 0.25) is 0 Å². The molecule has 3 amide bonds. The van der Waals surface area contributed by atoms with Crippen molar-refractivity contribution < 1.29 is 24.7 Å². The summed E-state index contributed by atoms with van der Waals surface area (Å²) in [5, 5.41) is 36.3. The maximum atomic E-state index is 12.6. The van der Waals surface area contributed by atoms with E-state index in [9.17, 15) is 29.5 Å². The minimum Gasteiger partial charge on any atom is -0.503 e. The van der Waals surface area contributed by atoms with Crippen molar-refractivity contribution in [2.24, 2.45) is 0 Å². The zero-order valence-corrected chi connectivity index (χ0v) is 18.4. The predicted molar refractivity (Wildman–Crippen MR) is 120 cm³/mol. The van der Waals surface area contributed by atoms with Gasteiger partial charge in [0.1, 0.15) is 28.8 Å². The first-order valence-corrected chi connectivity index (χ1v) is 10.7. The first-order chi connectivity index (χ1) is 16.6. The van der Waals surface area contributed by atoms with Crippen LogP contribution in [0.15, 0.2) is 34.7 Å². The van der Waals surface area contributed by atoms with E-state index in [0.29, 0.717) is 4.73 Å². The molecule has 1 aliphatic rings. The number of aromatic hydroxyl groups is 1. The SMILES string of the molecule is N=C(C(=O)NC1C(=O)NC1CNC(=O)c1ccnc(-c2cc(=O)c(O)cn2O)n1)c1csc(N)n1. The number of β-lactam (4-membered cyclic amide) rings is 1. The monoisotopic (exact) mass is 499 g/mol. The number of aromatic nitrogens is 4. The van der Waals surface area contributed by atoms with Crippen LogP contribution in [0.25, 0.3) is 11.5 Å². The van der Waals surface area contributed by atoms with Crippen molar-refractivity contribution in [1.82, 2.24) is 35.6 Å². The van der Waals surface area contributed by atoms with Gasteiger partial charge in [0.25, 0.3) is 11.8 Å². The van der Waals surface area contributed by atoms with Crippen molar-refractivity contribution in [3.63, 3.8) is 0 Å². The first kappa shape index (κ1) is 23.3. The second-order valence-electron chi connectivity index (χ2n) is 7.24. The molecule has 3 aromatic rings. The van der Waals surface area contributed by atoms with E-state index in [4.69, 9.17) is 11.1 Å². The summed E-state index contributed by atoms with van der Waals surface area (Å²) in [6.45, 7) is -0.0737. The second-order valence-corrected chi connectivity index (χ2v) is 8.13.